The van der Waals surface area contributed by atoms with Crippen molar-refractivity contribution in [3.05, 3.63) is 83.4 Å². The van der Waals surface area contributed by atoms with Crippen molar-refractivity contribution in [3.8, 4) is 0 Å². The van der Waals surface area contributed by atoms with Crippen LogP contribution in [0.4, 0.5) is 0 Å². The van der Waals surface area contributed by atoms with Gasteiger partial charge in [0, 0.05) is 6.61 Å². The van der Waals surface area contributed by atoms with Crippen LogP contribution in [0.3, 0.4) is 0 Å². The van der Waals surface area contributed by atoms with Crippen molar-refractivity contribution in [2.24, 2.45) is 5.92 Å². The zero-order valence-electron chi connectivity index (χ0n) is 15.9. The van der Waals surface area contributed by atoms with E-state index in [0.717, 1.165) is 25.6 Å². The van der Waals surface area contributed by atoms with Crippen LogP contribution in [0.25, 0.3) is 0 Å². The van der Waals surface area contributed by atoms with E-state index in [1.165, 1.54) is 29.5 Å². The molecule has 2 heteroatoms. The van der Waals surface area contributed by atoms with Gasteiger partial charge in [-0.15, -0.1) is 0 Å². The summed E-state index contributed by atoms with van der Waals surface area (Å²) in [6.07, 6.45) is 6.17. The molecule has 0 aliphatic carbocycles. The molecule has 0 bridgehead atoms. The van der Waals surface area contributed by atoms with Crippen LogP contribution in [-0.4, -0.2) is 13.2 Å². The Hall–Kier alpha value is -1.90. The second-order valence-electron chi connectivity index (χ2n) is 7.39. The summed E-state index contributed by atoms with van der Waals surface area (Å²) in [5.74, 6) is 0.805. The molecule has 26 heavy (non-hydrogen) atoms. The highest BCUT2D eigenvalue weighted by molar-refractivity contribution is 5.21. The van der Waals surface area contributed by atoms with Gasteiger partial charge in [-0.05, 0) is 43.2 Å². The molecule has 0 radical (unpaired) electrons. The Balaban J connectivity index is 0.000000151. The molecule has 2 heterocycles. The van der Waals surface area contributed by atoms with Crippen molar-refractivity contribution in [3.63, 3.8) is 0 Å². The molecular weight excluding hydrogens is 320 g/mol. The van der Waals surface area contributed by atoms with E-state index >= 15 is 0 Å². The molecule has 2 aliphatic rings. The van der Waals surface area contributed by atoms with Crippen LogP contribution in [0.2, 0.25) is 0 Å². The van der Waals surface area contributed by atoms with Gasteiger partial charge >= 0.3 is 0 Å². The maximum absolute atomic E-state index is 5.73. The smallest absolute Gasteiger partial charge is 0.0866 e. The summed E-state index contributed by atoms with van der Waals surface area (Å²) < 4.78 is 11.4. The molecule has 3 unspecified atom stereocenters. The molecule has 0 aromatic heterocycles. The molecule has 1 fully saturated rings. The summed E-state index contributed by atoms with van der Waals surface area (Å²) in [6.45, 7) is 6.14. The molecule has 3 atom stereocenters. The third-order valence-corrected chi connectivity index (χ3v) is 5.13. The van der Waals surface area contributed by atoms with E-state index in [1.54, 1.807) is 0 Å². The minimum absolute atomic E-state index is 0.270. The molecular formula is C24H30O2. The summed E-state index contributed by atoms with van der Waals surface area (Å²) in [5.41, 5.74) is 4.05. The molecule has 2 aromatic rings. The highest BCUT2D eigenvalue weighted by Crippen LogP contribution is 2.31. The standard InChI is InChI=1S/C12H16O.C12H14O/c2*1-10-7-8-13-12(9-10)11-5-3-2-4-6-11/h2-6,10,12H,7-9H2,1H3;2-7,12H,8-9H2,1H3. The van der Waals surface area contributed by atoms with Gasteiger partial charge < -0.3 is 9.47 Å². The molecule has 2 nitrogen and oxygen atoms in total. The summed E-state index contributed by atoms with van der Waals surface area (Å²) in [4.78, 5) is 0. The van der Waals surface area contributed by atoms with Crippen molar-refractivity contribution in [2.45, 2.75) is 45.3 Å². The molecule has 4 rings (SSSR count). The summed E-state index contributed by atoms with van der Waals surface area (Å²) in [5, 5.41) is 0. The average Bonchev–Trinajstić information content (AvgIpc) is 2.70. The van der Waals surface area contributed by atoms with E-state index in [1.807, 2.05) is 6.07 Å². The Labute approximate surface area is 157 Å². The number of hydrogen-bond donors (Lipinski definition) is 0. The highest BCUT2D eigenvalue weighted by Gasteiger charge is 2.20. The zero-order chi connectivity index (χ0) is 18.2. The summed E-state index contributed by atoms with van der Waals surface area (Å²) >= 11 is 0. The fraction of sp³-hybridized carbons (Fsp3) is 0.417. The summed E-state index contributed by atoms with van der Waals surface area (Å²) in [7, 11) is 0. The van der Waals surface area contributed by atoms with E-state index in [0.29, 0.717) is 6.10 Å². The highest BCUT2D eigenvalue weighted by atomic mass is 16.5. The van der Waals surface area contributed by atoms with Crippen LogP contribution >= 0.6 is 0 Å². The third-order valence-electron chi connectivity index (χ3n) is 5.13. The first-order valence-corrected chi connectivity index (χ1v) is 9.71. The average molecular weight is 351 g/mol. The van der Waals surface area contributed by atoms with E-state index in [4.69, 9.17) is 9.47 Å². The van der Waals surface area contributed by atoms with Gasteiger partial charge in [-0.1, -0.05) is 79.2 Å². The number of benzene rings is 2. The van der Waals surface area contributed by atoms with Crippen molar-refractivity contribution in [1.29, 1.82) is 0 Å². The predicted octanol–water partition coefficient (Wildman–Crippen LogP) is 6.27. The first-order chi connectivity index (χ1) is 12.7. The molecule has 0 spiro atoms. The molecule has 0 N–H and O–H groups in total. The normalized spacial score (nSPS) is 25.6. The fourth-order valence-corrected chi connectivity index (χ4v) is 3.49. The lowest BCUT2D eigenvalue weighted by molar-refractivity contribution is -0.00632. The zero-order valence-corrected chi connectivity index (χ0v) is 15.9. The Bertz CT molecular complexity index is 678. The van der Waals surface area contributed by atoms with Crippen LogP contribution in [0.1, 0.15) is 56.4 Å². The van der Waals surface area contributed by atoms with Gasteiger partial charge in [-0.25, -0.2) is 0 Å². The van der Waals surface area contributed by atoms with Crippen LogP contribution in [0.15, 0.2) is 72.3 Å². The SMILES string of the molecule is CC1=CCOC(c2ccccc2)C1.CC1CCOC(c2ccccc2)C1. The largest absolute Gasteiger partial charge is 0.374 e. The van der Waals surface area contributed by atoms with Crippen molar-refractivity contribution in [1.82, 2.24) is 0 Å². The number of rotatable bonds is 2. The minimum Gasteiger partial charge on any atom is -0.374 e. The number of hydrogen-bond acceptors (Lipinski definition) is 2. The van der Waals surface area contributed by atoms with Gasteiger partial charge in [-0.3, -0.25) is 0 Å². The van der Waals surface area contributed by atoms with Gasteiger partial charge in [0.1, 0.15) is 0 Å². The van der Waals surface area contributed by atoms with Crippen LogP contribution in [0.5, 0.6) is 0 Å². The maximum Gasteiger partial charge on any atom is 0.0866 e. The van der Waals surface area contributed by atoms with Gasteiger partial charge in [-0.2, -0.15) is 0 Å². The predicted molar refractivity (Wildman–Crippen MR) is 107 cm³/mol. The molecule has 0 amide bonds. The van der Waals surface area contributed by atoms with Gasteiger partial charge in [0.05, 0.1) is 18.8 Å². The van der Waals surface area contributed by atoms with Crippen molar-refractivity contribution < 1.29 is 9.47 Å². The number of ether oxygens (including phenoxy) is 2. The molecule has 0 saturated carbocycles. The van der Waals surface area contributed by atoms with Gasteiger partial charge in [0.15, 0.2) is 0 Å². The first kappa shape index (κ1) is 18.9. The Morgan fingerprint density at radius 3 is 2.00 bits per heavy atom. The van der Waals surface area contributed by atoms with E-state index < -0.39 is 0 Å². The van der Waals surface area contributed by atoms with Gasteiger partial charge in [0.2, 0.25) is 0 Å². The Kier molecular flexibility index (Phi) is 7.04. The monoisotopic (exact) mass is 350 g/mol. The summed E-state index contributed by atoms with van der Waals surface area (Å²) in [6, 6.07) is 20.9. The van der Waals surface area contributed by atoms with E-state index in [2.05, 4.69) is 74.5 Å². The lowest BCUT2D eigenvalue weighted by atomic mass is 9.94. The van der Waals surface area contributed by atoms with Crippen LogP contribution in [-0.2, 0) is 9.47 Å². The van der Waals surface area contributed by atoms with Crippen LogP contribution < -0.4 is 0 Å². The van der Waals surface area contributed by atoms with Crippen molar-refractivity contribution >= 4 is 0 Å². The first-order valence-electron chi connectivity index (χ1n) is 9.71. The van der Waals surface area contributed by atoms with E-state index in [-0.39, 0.29) is 6.10 Å². The molecule has 1 saturated heterocycles. The van der Waals surface area contributed by atoms with Crippen molar-refractivity contribution in [2.75, 3.05) is 13.2 Å². The van der Waals surface area contributed by atoms with Gasteiger partial charge in [0.25, 0.3) is 0 Å². The Morgan fingerprint density at radius 2 is 1.42 bits per heavy atom. The second kappa shape index (κ2) is 9.70. The third kappa shape index (κ3) is 5.55. The lowest BCUT2D eigenvalue weighted by Gasteiger charge is -2.27. The quantitative estimate of drug-likeness (QED) is 0.594. The molecule has 2 aromatic carbocycles. The molecule has 138 valence electrons. The second-order valence-corrected chi connectivity index (χ2v) is 7.39. The maximum atomic E-state index is 5.73. The molecule has 2 aliphatic heterocycles. The van der Waals surface area contributed by atoms with Crippen LogP contribution in [0, 0.1) is 5.92 Å². The fourth-order valence-electron chi connectivity index (χ4n) is 3.49. The lowest BCUT2D eigenvalue weighted by Crippen LogP contribution is -2.17. The minimum atomic E-state index is 0.270. The Morgan fingerprint density at radius 1 is 0.808 bits per heavy atom. The topological polar surface area (TPSA) is 18.5 Å². The van der Waals surface area contributed by atoms with E-state index in [9.17, 15) is 0 Å².